The average Bonchev–Trinajstić information content (AvgIpc) is 2.66. The molecular weight excluding hydrogens is 403 g/mol. The number of halogens is 3. The van der Waals surface area contributed by atoms with Crippen LogP contribution in [0.2, 0.25) is 0 Å². The summed E-state index contributed by atoms with van der Waals surface area (Å²) in [5.41, 5.74) is 0.0763. The van der Waals surface area contributed by atoms with Crippen LogP contribution >= 0.6 is 11.8 Å². The largest absolute Gasteiger partial charge is 0.511 e. The third-order valence-corrected chi connectivity index (χ3v) is 5.64. The van der Waals surface area contributed by atoms with Crippen molar-refractivity contribution in [2.45, 2.75) is 57.0 Å². The molecule has 1 unspecified atom stereocenters. The van der Waals surface area contributed by atoms with Gasteiger partial charge in [-0.15, -0.1) is 11.8 Å². The summed E-state index contributed by atoms with van der Waals surface area (Å²) in [6.45, 7) is 4.26. The Labute approximate surface area is 173 Å². The third kappa shape index (κ3) is 6.80. The van der Waals surface area contributed by atoms with Gasteiger partial charge in [0.2, 0.25) is 0 Å². The number of nitrogens with zero attached hydrogens (tertiary/aromatic N) is 1. The summed E-state index contributed by atoms with van der Waals surface area (Å²) in [7, 11) is 0. The summed E-state index contributed by atoms with van der Waals surface area (Å²) < 4.78 is 37.8. The van der Waals surface area contributed by atoms with Crippen molar-refractivity contribution in [2.75, 3.05) is 12.4 Å². The molecule has 1 N–H and O–H groups in total. The number of carbonyl (C=O) groups is 1. The van der Waals surface area contributed by atoms with Gasteiger partial charge in [0.25, 0.3) is 0 Å². The van der Waals surface area contributed by atoms with Crippen LogP contribution in [0.15, 0.2) is 45.6 Å². The highest BCUT2D eigenvalue weighted by Crippen LogP contribution is 2.33. The van der Waals surface area contributed by atoms with Crippen LogP contribution in [0.4, 0.5) is 13.2 Å². The Morgan fingerprint density at radius 2 is 1.93 bits per heavy atom. The standard InChI is InChI=1S/C21H26F3NO3S/c1-3-10-28-25-17(4-2)20-18(26)12-14(13-19(20)27)9-11-29-16-7-5-15(6-8-16)21(22,23)24/h5-8,14,26H,3-4,9-13H2,1-2H3. The van der Waals surface area contributed by atoms with Gasteiger partial charge in [-0.1, -0.05) is 19.0 Å². The Morgan fingerprint density at radius 3 is 2.48 bits per heavy atom. The molecule has 1 atom stereocenters. The number of hydrogen-bond acceptors (Lipinski definition) is 5. The quantitative estimate of drug-likeness (QED) is 0.221. The molecule has 0 fully saturated rings. The fourth-order valence-electron chi connectivity index (χ4n) is 3.09. The number of rotatable bonds is 9. The number of hydrogen-bond donors (Lipinski definition) is 1. The van der Waals surface area contributed by atoms with Crippen LogP contribution in [0.25, 0.3) is 0 Å². The number of oxime groups is 1. The first-order valence-corrected chi connectivity index (χ1v) is 10.7. The van der Waals surface area contributed by atoms with Crippen LogP contribution in [0, 0.1) is 5.92 Å². The smallest absolute Gasteiger partial charge is 0.416 e. The van der Waals surface area contributed by atoms with Crippen LogP contribution in [0.1, 0.15) is 51.5 Å². The molecule has 4 nitrogen and oxygen atoms in total. The van der Waals surface area contributed by atoms with Gasteiger partial charge in [-0.05, 0) is 55.2 Å². The number of alkyl halides is 3. The molecule has 0 bridgehead atoms. The molecule has 0 aliphatic heterocycles. The first-order chi connectivity index (χ1) is 13.8. The van der Waals surface area contributed by atoms with Crippen molar-refractivity contribution in [1.82, 2.24) is 0 Å². The lowest BCUT2D eigenvalue weighted by Crippen LogP contribution is -2.25. The summed E-state index contributed by atoms with van der Waals surface area (Å²) in [4.78, 5) is 18.5. The average molecular weight is 430 g/mol. The summed E-state index contributed by atoms with van der Waals surface area (Å²) in [6, 6.07) is 5.05. The number of allylic oxidation sites excluding steroid dienone is 2. The number of thioether (sulfide) groups is 1. The van der Waals surface area contributed by atoms with E-state index < -0.39 is 11.7 Å². The van der Waals surface area contributed by atoms with E-state index in [-0.39, 0.29) is 23.0 Å². The van der Waals surface area contributed by atoms with E-state index in [4.69, 9.17) is 4.84 Å². The van der Waals surface area contributed by atoms with Gasteiger partial charge >= 0.3 is 6.18 Å². The van der Waals surface area contributed by atoms with Crippen molar-refractivity contribution in [2.24, 2.45) is 11.1 Å². The minimum absolute atomic E-state index is 0.00265. The molecular formula is C21H26F3NO3S. The van der Waals surface area contributed by atoms with Crippen molar-refractivity contribution in [3.63, 3.8) is 0 Å². The molecule has 0 spiro atoms. The van der Waals surface area contributed by atoms with Crippen molar-refractivity contribution in [3.05, 3.63) is 41.2 Å². The number of aliphatic hydroxyl groups is 1. The first-order valence-electron chi connectivity index (χ1n) is 9.70. The fourth-order valence-corrected chi connectivity index (χ4v) is 4.11. The zero-order valence-electron chi connectivity index (χ0n) is 16.6. The predicted octanol–water partition coefficient (Wildman–Crippen LogP) is 6.17. The zero-order chi connectivity index (χ0) is 21.4. The zero-order valence-corrected chi connectivity index (χ0v) is 17.4. The number of ketones is 1. The monoisotopic (exact) mass is 429 g/mol. The Balaban J connectivity index is 1.92. The van der Waals surface area contributed by atoms with E-state index in [0.717, 1.165) is 23.4 Å². The van der Waals surface area contributed by atoms with E-state index in [1.165, 1.54) is 23.9 Å². The van der Waals surface area contributed by atoms with Gasteiger partial charge in [0.1, 0.15) is 12.4 Å². The second-order valence-corrected chi connectivity index (χ2v) is 8.07. The van der Waals surface area contributed by atoms with E-state index >= 15 is 0 Å². The molecule has 29 heavy (non-hydrogen) atoms. The van der Waals surface area contributed by atoms with Crippen molar-refractivity contribution in [1.29, 1.82) is 0 Å². The topological polar surface area (TPSA) is 58.9 Å². The van der Waals surface area contributed by atoms with Gasteiger partial charge in [-0.2, -0.15) is 13.2 Å². The second-order valence-electron chi connectivity index (χ2n) is 6.90. The number of benzene rings is 1. The van der Waals surface area contributed by atoms with E-state index in [2.05, 4.69) is 5.16 Å². The van der Waals surface area contributed by atoms with Crippen LogP contribution in [-0.2, 0) is 15.8 Å². The molecule has 0 heterocycles. The van der Waals surface area contributed by atoms with Gasteiger partial charge in [0.05, 0.1) is 16.8 Å². The molecule has 8 heteroatoms. The molecule has 1 aromatic rings. The molecule has 0 amide bonds. The molecule has 1 aliphatic carbocycles. The molecule has 0 aromatic heterocycles. The third-order valence-electron chi connectivity index (χ3n) is 4.59. The summed E-state index contributed by atoms with van der Waals surface area (Å²) in [5, 5.41) is 14.4. The molecule has 2 rings (SSSR count). The fraction of sp³-hybridized carbons (Fsp3) is 0.524. The van der Waals surface area contributed by atoms with Gasteiger partial charge in [-0.25, -0.2) is 0 Å². The second kappa shape index (κ2) is 10.7. The summed E-state index contributed by atoms with van der Waals surface area (Å²) in [5.74, 6) is 0.564. The number of carbonyl (C=O) groups excluding carboxylic acids is 1. The molecule has 0 radical (unpaired) electrons. The van der Waals surface area contributed by atoms with E-state index in [1.54, 1.807) is 0 Å². The highest BCUT2D eigenvalue weighted by molar-refractivity contribution is 7.99. The Kier molecular flexibility index (Phi) is 8.61. The summed E-state index contributed by atoms with van der Waals surface area (Å²) in [6.07, 6.45) is -1.65. The summed E-state index contributed by atoms with van der Waals surface area (Å²) >= 11 is 1.44. The molecule has 0 saturated heterocycles. The number of aliphatic hydroxyl groups excluding tert-OH is 1. The maximum absolute atomic E-state index is 12.6. The Morgan fingerprint density at radius 1 is 1.24 bits per heavy atom. The lowest BCUT2D eigenvalue weighted by Gasteiger charge is -2.23. The minimum Gasteiger partial charge on any atom is -0.511 e. The molecule has 1 aromatic carbocycles. The highest BCUT2D eigenvalue weighted by atomic mass is 32.2. The van der Waals surface area contributed by atoms with E-state index in [0.29, 0.717) is 43.8 Å². The van der Waals surface area contributed by atoms with Gasteiger partial charge in [0, 0.05) is 17.7 Å². The van der Waals surface area contributed by atoms with Crippen LogP contribution in [-0.4, -0.2) is 29.0 Å². The van der Waals surface area contributed by atoms with E-state index in [1.807, 2.05) is 13.8 Å². The van der Waals surface area contributed by atoms with Gasteiger partial charge in [0.15, 0.2) is 5.78 Å². The molecule has 1 aliphatic rings. The van der Waals surface area contributed by atoms with E-state index in [9.17, 15) is 23.1 Å². The maximum Gasteiger partial charge on any atom is 0.416 e. The van der Waals surface area contributed by atoms with Crippen LogP contribution < -0.4 is 0 Å². The van der Waals surface area contributed by atoms with Gasteiger partial charge < -0.3 is 9.94 Å². The SMILES string of the molecule is CCCON=C(CC)C1=C(O)CC(CCSc2ccc(C(F)(F)F)cc2)CC1=O. The predicted molar refractivity (Wildman–Crippen MR) is 108 cm³/mol. The van der Waals surface area contributed by atoms with Crippen molar-refractivity contribution in [3.8, 4) is 0 Å². The molecule has 160 valence electrons. The normalized spacial score (nSPS) is 18.3. The Bertz CT molecular complexity index is 757. The lowest BCUT2D eigenvalue weighted by molar-refractivity contribution is -0.137. The lowest BCUT2D eigenvalue weighted by atomic mass is 9.83. The number of Topliss-reactive ketones (excluding diaryl/α,β-unsaturated/α-hetero) is 1. The Hall–Kier alpha value is -1.96. The van der Waals surface area contributed by atoms with Crippen LogP contribution in [0.5, 0.6) is 0 Å². The maximum atomic E-state index is 12.6. The van der Waals surface area contributed by atoms with Crippen molar-refractivity contribution >= 4 is 23.3 Å². The first kappa shape index (κ1) is 23.3. The van der Waals surface area contributed by atoms with Crippen LogP contribution in [0.3, 0.4) is 0 Å². The van der Waals surface area contributed by atoms with Crippen molar-refractivity contribution < 1.29 is 27.9 Å². The molecule has 0 saturated carbocycles. The van der Waals surface area contributed by atoms with Gasteiger partial charge in [-0.3, -0.25) is 4.79 Å². The highest BCUT2D eigenvalue weighted by Gasteiger charge is 2.31. The minimum atomic E-state index is -4.34.